The average Bonchev–Trinajstić information content (AvgIpc) is 2.33. The number of hydrogen-bond donors (Lipinski definition) is 1. The topological polar surface area (TPSA) is 12.0 Å². The molecular formula is C15H14F3N. The number of aryl methyl sites for hydroxylation is 1. The van der Waals surface area contributed by atoms with Gasteiger partial charge in [-0.25, -0.2) is 13.2 Å². The van der Waals surface area contributed by atoms with Crippen LogP contribution in [0.25, 0.3) is 0 Å². The molecule has 0 bridgehead atoms. The second-order valence-corrected chi connectivity index (χ2v) is 4.49. The number of hydrogen-bond acceptors (Lipinski definition) is 1. The summed E-state index contributed by atoms with van der Waals surface area (Å²) in [5.41, 5.74) is 1.79. The largest absolute Gasteiger partial charge is 0.378 e. The lowest BCUT2D eigenvalue weighted by Gasteiger charge is -2.18. The first-order valence-electron chi connectivity index (χ1n) is 5.95. The Balaban J connectivity index is 2.25. The quantitative estimate of drug-likeness (QED) is 0.856. The second kappa shape index (κ2) is 5.34. The van der Waals surface area contributed by atoms with Crippen LogP contribution >= 0.6 is 0 Å². The molecule has 0 heterocycles. The molecule has 0 aliphatic rings. The molecule has 1 N–H and O–H groups in total. The van der Waals surface area contributed by atoms with Gasteiger partial charge in [0.25, 0.3) is 0 Å². The van der Waals surface area contributed by atoms with Gasteiger partial charge in [-0.15, -0.1) is 0 Å². The lowest BCUT2D eigenvalue weighted by atomic mass is 10.1. The molecule has 4 heteroatoms. The third kappa shape index (κ3) is 3.08. The van der Waals surface area contributed by atoms with E-state index in [9.17, 15) is 13.2 Å². The summed E-state index contributed by atoms with van der Waals surface area (Å²) in [7, 11) is 0. The molecular weight excluding hydrogens is 251 g/mol. The van der Waals surface area contributed by atoms with Crippen molar-refractivity contribution >= 4 is 5.69 Å². The molecule has 0 aliphatic heterocycles. The van der Waals surface area contributed by atoms with Gasteiger partial charge in [0.1, 0.15) is 17.5 Å². The molecule has 2 aromatic carbocycles. The van der Waals surface area contributed by atoms with Gasteiger partial charge in [-0.05, 0) is 37.6 Å². The summed E-state index contributed by atoms with van der Waals surface area (Å²) < 4.78 is 39.6. The van der Waals surface area contributed by atoms with Gasteiger partial charge in [0.2, 0.25) is 0 Å². The Labute approximate surface area is 110 Å². The molecule has 19 heavy (non-hydrogen) atoms. The maximum atomic E-state index is 13.6. The second-order valence-electron chi connectivity index (χ2n) is 4.49. The highest BCUT2D eigenvalue weighted by Crippen LogP contribution is 2.24. The van der Waals surface area contributed by atoms with E-state index in [0.717, 1.165) is 11.6 Å². The highest BCUT2D eigenvalue weighted by molar-refractivity contribution is 5.52. The van der Waals surface area contributed by atoms with Crippen LogP contribution in [0.15, 0.2) is 36.4 Å². The van der Waals surface area contributed by atoms with Gasteiger partial charge < -0.3 is 5.32 Å². The van der Waals surface area contributed by atoms with Gasteiger partial charge >= 0.3 is 0 Å². The Morgan fingerprint density at radius 3 is 2.26 bits per heavy atom. The molecule has 2 aromatic rings. The fourth-order valence-corrected chi connectivity index (χ4v) is 1.91. The minimum Gasteiger partial charge on any atom is -0.378 e. The van der Waals surface area contributed by atoms with Crippen molar-refractivity contribution in [1.29, 1.82) is 0 Å². The summed E-state index contributed by atoms with van der Waals surface area (Å²) in [5, 5.41) is 3.03. The van der Waals surface area contributed by atoms with E-state index in [2.05, 4.69) is 5.32 Å². The smallest absolute Gasteiger partial charge is 0.131 e. The lowest BCUT2D eigenvalue weighted by molar-refractivity contribution is 0.566. The maximum Gasteiger partial charge on any atom is 0.131 e. The van der Waals surface area contributed by atoms with Crippen LogP contribution < -0.4 is 5.32 Å². The number of halogens is 3. The fourth-order valence-electron chi connectivity index (χ4n) is 1.91. The van der Waals surface area contributed by atoms with Crippen molar-refractivity contribution in [3.8, 4) is 0 Å². The number of anilines is 1. The maximum absolute atomic E-state index is 13.6. The summed E-state index contributed by atoms with van der Waals surface area (Å²) in [4.78, 5) is 0. The third-order valence-electron chi connectivity index (χ3n) is 3.00. The summed E-state index contributed by atoms with van der Waals surface area (Å²) >= 11 is 0. The third-order valence-corrected chi connectivity index (χ3v) is 3.00. The number of rotatable bonds is 3. The molecule has 0 aromatic heterocycles. The van der Waals surface area contributed by atoms with E-state index in [4.69, 9.17) is 0 Å². The highest BCUT2D eigenvalue weighted by Gasteiger charge is 2.12. The first-order valence-corrected chi connectivity index (χ1v) is 5.95. The van der Waals surface area contributed by atoms with Crippen LogP contribution in [-0.2, 0) is 0 Å². The van der Waals surface area contributed by atoms with E-state index in [0.29, 0.717) is 11.3 Å². The Morgan fingerprint density at radius 1 is 0.947 bits per heavy atom. The van der Waals surface area contributed by atoms with Gasteiger partial charge in [-0.3, -0.25) is 0 Å². The summed E-state index contributed by atoms with van der Waals surface area (Å²) in [5.74, 6) is -1.59. The summed E-state index contributed by atoms with van der Waals surface area (Å²) in [6.45, 7) is 3.57. The Hall–Kier alpha value is -1.97. The molecule has 0 radical (unpaired) electrons. The van der Waals surface area contributed by atoms with Crippen LogP contribution in [0, 0.1) is 24.4 Å². The van der Waals surface area contributed by atoms with Crippen LogP contribution in [0.5, 0.6) is 0 Å². The van der Waals surface area contributed by atoms with E-state index in [1.807, 2.05) is 6.92 Å². The normalized spacial score (nSPS) is 12.3. The highest BCUT2D eigenvalue weighted by atomic mass is 19.1. The first kappa shape index (κ1) is 13.5. The van der Waals surface area contributed by atoms with E-state index in [-0.39, 0.29) is 11.9 Å². The molecule has 0 aliphatic carbocycles. The molecule has 0 fully saturated rings. The van der Waals surface area contributed by atoms with Gasteiger partial charge in [0, 0.05) is 17.3 Å². The van der Waals surface area contributed by atoms with E-state index >= 15 is 0 Å². The van der Waals surface area contributed by atoms with Crippen LogP contribution in [0.1, 0.15) is 24.1 Å². The minimum atomic E-state index is -0.617. The minimum absolute atomic E-state index is 0.338. The summed E-state index contributed by atoms with van der Waals surface area (Å²) in [6, 6.07) is 7.40. The zero-order valence-corrected chi connectivity index (χ0v) is 10.7. The molecule has 1 unspecified atom stereocenters. The van der Waals surface area contributed by atoms with Crippen molar-refractivity contribution in [2.75, 3.05) is 5.32 Å². The molecule has 1 nitrogen and oxygen atoms in total. The number of benzene rings is 2. The molecule has 2 rings (SSSR count). The number of nitrogens with one attached hydrogen (secondary N) is 1. The zero-order valence-electron chi connectivity index (χ0n) is 10.7. The zero-order chi connectivity index (χ0) is 14.0. The predicted octanol–water partition coefficient (Wildman–Crippen LogP) is 4.59. The van der Waals surface area contributed by atoms with Crippen LogP contribution in [-0.4, -0.2) is 0 Å². The fraction of sp³-hybridized carbons (Fsp3) is 0.200. The molecule has 0 amide bonds. The van der Waals surface area contributed by atoms with Crippen molar-refractivity contribution < 1.29 is 13.2 Å². The first-order chi connectivity index (χ1) is 8.97. The molecule has 0 saturated carbocycles. The van der Waals surface area contributed by atoms with Crippen molar-refractivity contribution in [3.05, 3.63) is 65.0 Å². The summed E-state index contributed by atoms with van der Waals surface area (Å²) in [6.07, 6.45) is 0. The van der Waals surface area contributed by atoms with Crippen molar-refractivity contribution in [3.63, 3.8) is 0 Å². The Morgan fingerprint density at radius 2 is 1.58 bits per heavy atom. The molecule has 1 atom stereocenters. The van der Waals surface area contributed by atoms with E-state index < -0.39 is 11.6 Å². The monoisotopic (exact) mass is 265 g/mol. The molecule has 100 valence electrons. The van der Waals surface area contributed by atoms with Gasteiger partial charge in [-0.2, -0.15) is 0 Å². The van der Waals surface area contributed by atoms with Gasteiger partial charge in [0.05, 0.1) is 6.04 Å². The van der Waals surface area contributed by atoms with Crippen LogP contribution in [0.2, 0.25) is 0 Å². The predicted molar refractivity (Wildman–Crippen MR) is 69.5 cm³/mol. The van der Waals surface area contributed by atoms with E-state index in [1.165, 1.54) is 24.3 Å². The molecule has 0 spiro atoms. The SMILES string of the molecule is Cc1ccc(F)cc1NC(C)c1ccc(F)cc1F. The van der Waals surface area contributed by atoms with Crippen LogP contribution in [0.3, 0.4) is 0 Å². The van der Waals surface area contributed by atoms with E-state index in [1.54, 1.807) is 13.0 Å². The van der Waals surface area contributed by atoms with Gasteiger partial charge in [-0.1, -0.05) is 12.1 Å². The van der Waals surface area contributed by atoms with Crippen LogP contribution in [0.4, 0.5) is 18.9 Å². The average molecular weight is 265 g/mol. The standard InChI is InChI=1S/C15H14F3N/c1-9-3-4-12(17)8-15(9)19-10(2)13-6-5-11(16)7-14(13)18/h3-8,10,19H,1-2H3. The Bertz CT molecular complexity index is 596. The van der Waals surface area contributed by atoms with Crippen molar-refractivity contribution in [1.82, 2.24) is 0 Å². The molecule has 0 saturated heterocycles. The van der Waals surface area contributed by atoms with Gasteiger partial charge in [0.15, 0.2) is 0 Å². The lowest BCUT2D eigenvalue weighted by Crippen LogP contribution is -2.10. The van der Waals surface area contributed by atoms with Crippen molar-refractivity contribution in [2.24, 2.45) is 0 Å². The van der Waals surface area contributed by atoms with Crippen molar-refractivity contribution in [2.45, 2.75) is 19.9 Å². The Kier molecular flexibility index (Phi) is 3.79.